The molecule has 0 bridgehead atoms. The minimum atomic E-state index is -4.51. The van der Waals surface area contributed by atoms with Crippen molar-refractivity contribution in [2.75, 3.05) is 7.11 Å². The number of methoxy groups -OCH3 is 1. The van der Waals surface area contributed by atoms with Crippen LogP contribution in [-0.4, -0.2) is 22.8 Å². The number of alkyl halides is 3. The van der Waals surface area contributed by atoms with Crippen molar-refractivity contribution in [3.63, 3.8) is 0 Å². The third-order valence-corrected chi connectivity index (χ3v) is 5.99. The Morgan fingerprint density at radius 3 is 2.56 bits per heavy atom. The Balaban J connectivity index is 1.48. The smallest absolute Gasteiger partial charge is 0.380 e. The quantitative estimate of drug-likeness (QED) is 0.394. The molecule has 0 aliphatic rings. The van der Waals surface area contributed by atoms with Crippen molar-refractivity contribution in [3.05, 3.63) is 82.2 Å². The number of aromatic nitrogens is 2. The summed E-state index contributed by atoms with van der Waals surface area (Å²) in [6.07, 6.45) is -3.27. The molecular formula is C22H17F4N3O2S. The van der Waals surface area contributed by atoms with Crippen LogP contribution in [0, 0.1) is 5.82 Å². The number of amides is 1. The predicted octanol–water partition coefficient (Wildman–Crippen LogP) is 5.32. The third kappa shape index (κ3) is 4.37. The van der Waals surface area contributed by atoms with Crippen LogP contribution in [0.2, 0.25) is 0 Å². The number of hydrogen-bond acceptors (Lipinski definition) is 4. The minimum Gasteiger partial charge on any atom is -0.380 e. The normalized spacial score (nSPS) is 11.8. The summed E-state index contributed by atoms with van der Waals surface area (Å²) in [5.74, 6) is -0.767. The van der Waals surface area contributed by atoms with Crippen molar-refractivity contribution in [1.29, 1.82) is 0 Å². The fourth-order valence-corrected chi connectivity index (χ4v) is 4.42. The topological polar surface area (TPSA) is 56.1 Å². The van der Waals surface area contributed by atoms with Crippen LogP contribution in [0.3, 0.4) is 0 Å². The third-order valence-electron chi connectivity index (χ3n) is 4.79. The molecule has 0 radical (unpaired) electrons. The number of rotatable bonds is 6. The Hall–Kier alpha value is -3.24. The van der Waals surface area contributed by atoms with Crippen LogP contribution in [0.5, 0.6) is 0 Å². The first-order valence-electron chi connectivity index (χ1n) is 9.47. The monoisotopic (exact) mass is 463 g/mol. The minimum absolute atomic E-state index is 0.0994. The van der Waals surface area contributed by atoms with E-state index < -0.39 is 17.7 Å². The zero-order chi connectivity index (χ0) is 22.9. The molecule has 2 aromatic heterocycles. The van der Waals surface area contributed by atoms with Crippen LogP contribution >= 0.6 is 11.3 Å². The van der Waals surface area contributed by atoms with Crippen molar-refractivity contribution in [2.24, 2.45) is 0 Å². The second-order valence-electron chi connectivity index (χ2n) is 6.95. The Morgan fingerprint density at radius 2 is 1.91 bits per heavy atom. The molecule has 4 aromatic rings. The highest BCUT2D eigenvalue weighted by Gasteiger charge is 2.33. The zero-order valence-electron chi connectivity index (χ0n) is 16.7. The molecule has 0 atom stereocenters. The van der Waals surface area contributed by atoms with Gasteiger partial charge in [0, 0.05) is 35.5 Å². The first-order valence-corrected chi connectivity index (χ1v) is 10.3. The number of nitrogens with zero attached hydrogens (tertiary/aromatic N) is 2. The Labute approximate surface area is 184 Å². The summed E-state index contributed by atoms with van der Waals surface area (Å²) < 4.78 is 59.4. The lowest BCUT2D eigenvalue weighted by Crippen LogP contribution is -2.23. The average Bonchev–Trinajstić information content (AvgIpc) is 3.39. The highest BCUT2D eigenvalue weighted by Crippen LogP contribution is 2.34. The number of nitrogens with one attached hydrogen (secondary N) is 1. The molecule has 0 saturated carbocycles. The number of carbonyl (C=O) groups excluding carboxylic acids is 1. The SMILES string of the molecule is COCc1c(C(=O)NCc2ccc(-n3ccc(C(F)(F)F)n3)cc2)sc2cccc(F)c12. The van der Waals surface area contributed by atoms with Gasteiger partial charge in [-0.25, -0.2) is 9.07 Å². The van der Waals surface area contributed by atoms with Crippen LogP contribution in [0.15, 0.2) is 54.7 Å². The van der Waals surface area contributed by atoms with Crippen molar-refractivity contribution in [1.82, 2.24) is 15.1 Å². The van der Waals surface area contributed by atoms with E-state index in [1.54, 1.807) is 36.4 Å². The van der Waals surface area contributed by atoms with Gasteiger partial charge in [0.25, 0.3) is 5.91 Å². The Kier molecular flexibility index (Phi) is 5.98. The Bertz CT molecular complexity index is 1260. The van der Waals surface area contributed by atoms with Crippen LogP contribution in [-0.2, 0) is 24.1 Å². The molecule has 10 heteroatoms. The summed E-state index contributed by atoms with van der Waals surface area (Å²) in [5.41, 5.74) is 0.724. The predicted molar refractivity (Wildman–Crippen MR) is 112 cm³/mol. The molecule has 0 fully saturated rings. The molecule has 2 heterocycles. The van der Waals surface area contributed by atoms with Crippen molar-refractivity contribution < 1.29 is 27.1 Å². The number of benzene rings is 2. The van der Waals surface area contributed by atoms with Crippen molar-refractivity contribution in [3.8, 4) is 5.69 Å². The molecule has 0 aliphatic heterocycles. The molecule has 0 aliphatic carbocycles. The number of ether oxygens (including phenoxy) is 1. The van der Waals surface area contributed by atoms with Gasteiger partial charge >= 0.3 is 6.18 Å². The van der Waals surface area contributed by atoms with Crippen molar-refractivity contribution in [2.45, 2.75) is 19.3 Å². The van der Waals surface area contributed by atoms with E-state index in [2.05, 4.69) is 10.4 Å². The van der Waals surface area contributed by atoms with E-state index in [-0.39, 0.29) is 19.1 Å². The zero-order valence-corrected chi connectivity index (χ0v) is 17.6. The van der Waals surface area contributed by atoms with Gasteiger partial charge < -0.3 is 10.1 Å². The summed E-state index contributed by atoms with van der Waals surface area (Å²) in [4.78, 5) is 13.2. The van der Waals surface area contributed by atoms with E-state index in [1.165, 1.54) is 30.7 Å². The number of halogens is 4. The number of thiophene rings is 1. The van der Waals surface area contributed by atoms with Gasteiger partial charge in [0.1, 0.15) is 5.82 Å². The van der Waals surface area contributed by atoms with Crippen LogP contribution in [0.4, 0.5) is 17.6 Å². The van der Waals surface area contributed by atoms with Gasteiger partial charge in [0.05, 0.1) is 17.2 Å². The van der Waals surface area contributed by atoms with Gasteiger partial charge in [0.15, 0.2) is 5.69 Å². The van der Waals surface area contributed by atoms with E-state index >= 15 is 0 Å². The maximum atomic E-state index is 14.3. The van der Waals surface area contributed by atoms with E-state index in [9.17, 15) is 22.4 Å². The highest BCUT2D eigenvalue weighted by molar-refractivity contribution is 7.21. The fourth-order valence-electron chi connectivity index (χ4n) is 3.28. The summed E-state index contributed by atoms with van der Waals surface area (Å²) >= 11 is 1.19. The summed E-state index contributed by atoms with van der Waals surface area (Å²) in [6.45, 7) is 0.289. The molecule has 0 spiro atoms. The van der Waals surface area contributed by atoms with E-state index in [4.69, 9.17) is 4.74 Å². The van der Waals surface area contributed by atoms with Gasteiger partial charge in [-0.2, -0.15) is 18.3 Å². The largest absolute Gasteiger partial charge is 0.435 e. The first-order chi connectivity index (χ1) is 15.3. The highest BCUT2D eigenvalue weighted by atomic mass is 32.1. The molecule has 32 heavy (non-hydrogen) atoms. The number of carbonyl (C=O) groups is 1. The molecule has 2 aromatic carbocycles. The van der Waals surface area contributed by atoms with Crippen molar-refractivity contribution >= 4 is 27.3 Å². The maximum Gasteiger partial charge on any atom is 0.435 e. The maximum absolute atomic E-state index is 14.3. The molecule has 166 valence electrons. The fraction of sp³-hybridized carbons (Fsp3) is 0.182. The van der Waals surface area contributed by atoms with E-state index in [0.29, 0.717) is 26.2 Å². The molecule has 1 N–H and O–H groups in total. The molecule has 0 unspecified atom stereocenters. The van der Waals surface area contributed by atoms with Gasteiger partial charge in [-0.15, -0.1) is 11.3 Å². The summed E-state index contributed by atoms with van der Waals surface area (Å²) in [6, 6.07) is 12.2. The standard InChI is InChI=1S/C22H17F4N3O2S/c1-31-12-15-19-16(23)3-2-4-17(19)32-20(15)21(30)27-11-13-5-7-14(8-6-13)29-10-9-18(28-29)22(24,25)26/h2-10H,11-12H2,1H3,(H,27,30). The lowest BCUT2D eigenvalue weighted by Gasteiger charge is -2.08. The first kappa shape index (κ1) is 22.0. The molecule has 4 rings (SSSR count). The lowest BCUT2D eigenvalue weighted by molar-refractivity contribution is -0.141. The molecular weight excluding hydrogens is 446 g/mol. The van der Waals surface area contributed by atoms with Crippen LogP contribution < -0.4 is 5.32 Å². The molecule has 0 saturated heterocycles. The van der Waals surface area contributed by atoms with Gasteiger partial charge in [0.2, 0.25) is 0 Å². The van der Waals surface area contributed by atoms with Gasteiger partial charge in [-0.3, -0.25) is 4.79 Å². The average molecular weight is 463 g/mol. The second-order valence-corrected chi connectivity index (χ2v) is 8.00. The second kappa shape index (κ2) is 8.71. The summed E-state index contributed by atoms with van der Waals surface area (Å²) in [7, 11) is 1.48. The number of fused-ring (bicyclic) bond motifs is 1. The van der Waals surface area contributed by atoms with Crippen LogP contribution in [0.25, 0.3) is 15.8 Å². The molecule has 1 amide bonds. The van der Waals surface area contributed by atoms with Gasteiger partial charge in [-0.05, 0) is 35.9 Å². The summed E-state index contributed by atoms with van der Waals surface area (Å²) in [5, 5.41) is 6.71. The van der Waals surface area contributed by atoms with Gasteiger partial charge in [-0.1, -0.05) is 18.2 Å². The Morgan fingerprint density at radius 1 is 1.16 bits per heavy atom. The molecule has 5 nitrogen and oxygen atoms in total. The van der Waals surface area contributed by atoms with Crippen LogP contribution in [0.1, 0.15) is 26.5 Å². The van der Waals surface area contributed by atoms with E-state index in [0.717, 1.165) is 16.3 Å². The lowest BCUT2D eigenvalue weighted by atomic mass is 10.1. The number of hydrogen-bond donors (Lipinski definition) is 1. The van der Waals surface area contributed by atoms with E-state index in [1.807, 2.05) is 0 Å².